The highest BCUT2D eigenvalue weighted by Gasteiger charge is 2.01. The smallest absolute Gasteiger partial charge is 0.177 e. The summed E-state index contributed by atoms with van der Waals surface area (Å²) in [5.41, 5.74) is 2.11. The van der Waals surface area contributed by atoms with Crippen molar-refractivity contribution >= 4 is 5.78 Å². The zero-order valence-corrected chi connectivity index (χ0v) is 7.14. The number of Topliss-reactive ketones (excluding diaryl/α,β-unsaturated/α-hetero) is 1. The minimum Gasteiger partial charge on any atom is -0.336 e. The summed E-state index contributed by atoms with van der Waals surface area (Å²) < 4.78 is 0. The predicted octanol–water partition coefficient (Wildman–Crippen LogP) is -1.42. The number of ketones is 1. The Kier molecular flexibility index (Phi) is 4.49. The first-order valence-corrected chi connectivity index (χ1v) is 3.48. The number of hydrogen-bond donors (Lipinski definition) is 3. The summed E-state index contributed by atoms with van der Waals surface area (Å²) in [5, 5.41) is 8.46. The molecular weight excluding hydrogens is 144 g/mol. The number of rotatable bonds is 4. The topological polar surface area (TPSA) is 53.8 Å². The van der Waals surface area contributed by atoms with Crippen molar-refractivity contribution in [3.05, 3.63) is 11.8 Å². The first-order valence-electron chi connectivity index (χ1n) is 3.48. The Morgan fingerprint density at radius 2 is 2.18 bits per heavy atom. The summed E-state index contributed by atoms with van der Waals surface area (Å²) in [6, 6.07) is 0. The second-order valence-corrected chi connectivity index (χ2v) is 2.70. The van der Waals surface area contributed by atoms with Gasteiger partial charge in [-0.25, -0.2) is 0 Å². The predicted molar refractivity (Wildman–Crippen MR) is 41.4 cm³/mol. The molecule has 0 aromatic rings. The summed E-state index contributed by atoms with van der Waals surface area (Å²) in [7, 11) is 3.93. The van der Waals surface area contributed by atoms with E-state index in [2.05, 4.69) is 0 Å². The molecule has 0 saturated carbocycles. The van der Waals surface area contributed by atoms with E-state index in [0.29, 0.717) is 6.54 Å². The van der Waals surface area contributed by atoms with E-state index in [1.807, 2.05) is 19.6 Å². The quantitative estimate of drug-likeness (QED) is 0.349. The Labute approximate surface area is 66.5 Å². The number of hydrogen-bond acceptors (Lipinski definition) is 3. The summed E-state index contributed by atoms with van der Waals surface area (Å²) in [6.07, 6.45) is 1.66. The molecule has 0 fully saturated rings. The maximum atomic E-state index is 10.7. The highest BCUT2D eigenvalue weighted by molar-refractivity contribution is 5.92. The van der Waals surface area contributed by atoms with Crippen LogP contribution in [0.1, 0.15) is 6.92 Å². The van der Waals surface area contributed by atoms with Crippen LogP contribution in [0.4, 0.5) is 0 Å². The van der Waals surface area contributed by atoms with Gasteiger partial charge in [-0.2, -0.15) is 0 Å². The SMILES string of the molecule is CC(=O)C(=CC[NH+](C)C)NO. The standard InChI is InChI=1S/C7H14N2O2/c1-6(10)7(8-11)4-5-9(2)3/h4,8,11H,5H2,1-3H3/p+1. The molecule has 64 valence electrons. The van der Waals surface area contributed by atoms with E-state index < -0.39 is 0 Å². The van der Waals surface area contributed by atoms with E-state index >= 15 is 0 Å². The molecule has 0 saturated heterocycles. The molecular formula is C7H15N2O2+. The van der Waals surface area contributed by atoms with Crippen molar-refractivity contribution in [2.45, 2.75) is 6.92 Å². The third kappa shape index (κ3) is 4.52. The molecule has 0 spiro atoms. The Balaban J connectivity index is 4.02. The zero-order chi connectivity index (χ0) is 8.85. The maximum Gasteiger partial charge on any atom is 0.177 e. The summed E-state index contributed by atoms with van der Waals surface area (Å²) >= 11 is 0. The van der Waals surface area contributed by atoms with Crippen molar-refractivity contribution in [3.63, 3.8) is 0 Å². The number of carbonyl (C=O) groups is 1. The average molecular weight is 159 g/mol. The Hall–Kier alpha value is -0.870. The maximum absolute atomic E-state index is 10.7. The summed E-state index contributed by atoms with van der Waals surface area (Å²) in [5.74, 6) is -0.159. The van der Waals surface area contributed by atoms with Crippen LogP contribution in [0, 0.1) is 0 Å². The van der Waals surface area contributed by atoms with Gasteiger partial charge in [0, 0.05) is 6.92 Å². The lowest BCUT2D eigenvalue weighted by molar-refractivity contribution is -0.851. The highest BCUT2D eigenvalue weighted by atomic mass is 16.5. The summed E-state index contributed by atoms with van der Waals surface area (Å²) in [6.45, 7) is 2.11. The number of likely N-dealkylation sites (N-methyl/N-ethyl adjacent to an activating group) is 1. The third-order valence-electron chi connectivity index (χ3n) is 1.21. The van der Waals surface area contributed by atoms with Crippen LogP contribution in [0.2, 0.25) is 0 Å². The molecule has 0 heterocycles. The molecule has 0 aromatic carbocycles. The molecule has 4 nitrogen and oxygen atoms in total. The van der Waals surface area contributed by atoms with Gasteiger partial charge < -0.3 is 4.90 Å². The number of nitrogens with one attached hydrogen (secondary N) is 2. The lowest BCUT2D eigenvalue weighted by Crippen LogP contribution is -3.05. The third-order valence-corrected chi connectivity index (χ3v) is 1.21. The van der Waals surface area contributed by atoms with Crippen LogP contribution >= 0.6 is 0 Å². The van der Waals surface area contributed by atoms with E-state index in [-0.39, 0.29) is 11.5 Å². The van der Waals surface area contributed by atoms with E-state index in [0.717, 1.165) is 0 Å². The fourth-order valence-electron chi connectivity index (χ4n) is 0.574. The van der Waals surface area contributed by atoms with Gasteiger partial charge in [0.25, 0.3) is 0 Å². The number of hydroxylamine groups is 1. The molecule has 0 aliphatic carbocycles. The van der Waals surface area contributed by atoms with Crippen LogP contribution in [0.15, 0.2) is 11.8 Å². The normalized spacial score (nSPS) is 11.9. The largest absolute Gasteiger partial charge is 0.336 e. The van der Waals surface area contributed by atoms with E-state index in [1.54, 1.807) is 6.08 Å². The molecule has 0 aromatic heterocycles. The monoisotopic (exact) mass is 159 g/mol. The van der Waals surface area contributed by atoms with Crippen LogP contribution in [0.25, 0.3) is 0 Å². The van der Waals surface area contributed by atoms with Crippen molar-refractivity contribution in [1.29, 1.82) is 0 Å². The van der Waals surface area contributed by atoms with Crippen LogP contribution in [0.3, 0.4) is 0 Å². The Morgan fingerprint density at radius 1 is 1.64 bits per heavy atom. The molecule has 0 aliphatic heterocycles. The van der Waals surface area contributed by atoms with Crippen molar-refractivity contribution < 1.29 is 14.9 Å². The molecule has 3 N–H and O–H groups in total. The van der Waals surface area contributed by atoms with Gasteiger partial charge >= 0.3 is 0 Å². The van der Waals surface area contributed by atoms with Gasteiger partial charge in [0.2, 0.25) is 0 Å². The van der Waals surface area contributed by atoms with E-state index in [9.17, 15) is 4.79 Å². The van der Waals surface area contributed by atoms with Crippen LogP contribution < -0.4 is 10.4 Å². The Morgan fingerprint density at radius 3 is 2.45 bits per heavy atom. The molecule has 0 rings (SSSR count). The van der Waals surface area contributed by atoms with Gasteiger partial charge in [-0.3, -0.25) is 15.5 Å². The second kappa shape index (κ2) is 4.87. The van der Waals surface area contributed by atoms with Crippen LogP contribution in [-0.2, 0) is 4.79 Å². The van der Waals surface area contributed by atoms with E-state index in [1.165, 1.54) is 11.8 Å². The first kappa shape index (κ1) is 10.1. The Bertz CT molecular complexity index is 164. The van der Waals surface area contributed by atoms with Crippen LogP contribution in [0.5, 0.6) is 0 Å². The van der Waals surface area contributed by atoms with Crippen molar-refractivity contribution in [2.24, 2.45) is 0 Å². The van der Waals surface area contributed by atoms with Gasteiger partial charge in [-0.05, 0) is 6.08 Å². The minimum atomic E-state index is -0.159. The molecule has 0 bridgehead atoms. The number of quaternary nitrogens is 1. The molecule has 0 radical (unpaired) electrons. The first-order chi connectivity index (χ1) is 5.07. The number of allylic oxidation sites excluding steroid dienone is 1. The minimum absolute atomic E-state index is 0.159. The lowest BCUT2D eigenvalue weighted by Gasteiger charge is -2.04. The van der Waals surface area contributed by atoms with Crippen molar-refractivity contribution in [3.8, 4) is 0 Å². The van der Waals surface area contributed by atoms with Crippen LogP contribution in [-0.4, -0.2) is 31.6 Å². The van der Waals surface area contributed by atoms with Crippen molar-refractivity contribution in [1.82, 2.24) is 5.48 Å². The van der Waals surface area contributed by atoms with E-state index in [4.69, 9.17) is 5.21 Å². The van der Waals surface area contributed by atoms with Gasteiger partial charge in [0.1, 0.15) is 5.70 Å². The fourth-order valence-corrected chi connectivity index (χ4v) is 0.574. The fraction of sp³-hybridized carbons (Fsp3) is 0.571. The van der Waals surface area contributed by atoms with Gasteiger partial charge in [-0.1, -0.05) is 0 Å². The number of carbonyl (C=O) groups excluding carboxylic acids is 1. The summed E-state index contributed by atoms with van der Waals surface area (Å²) in [4.78, 5) is 11.9. The molecule has 0 atom stereocenters. The van der Waals surface area contributed by atoms with Gasteiger partial charge in [0.05, 0.1) is 20.6 Å². The average Bonchev–Trinajstić information content (AvgIpc) is 1.87. The molecule has 0 unspecified atom stereocenters. The molecule has 0 aliphatic rings. The lowest BCUT2D eigenvalue weighted by atomic mass is 10.3. The highest BCUT2D eigenvalue weighted by Crippen LogP contribution is 1.86. The zero-order valence-electron chi connectivity index (χ0n) is 7.14. The second-order valence-electron chi connectivity index (χ2n) is 2.70. The molecule has 0 amide bonds. The van der Waals surface area contributed by atoms with Gasteiger partial charge in [0.15, 0.2) is 5.78 Å². The van der Waals surface area contributed by atoms with Crippen molar-refractivity contribution in [2.75, 3.05) is 20.6 Å². The van der Waals surface area contributed by atoms with Gasteiger partial charge in [-0.15, -0.1) is 0 Å². The molecule has 11 heavy (non-hydrogen) atoms. The molecule has 4 heteroatoms.